The molecule has 1 aromatic heterocycles. The molecule has 5 heteroatoms. The average Bonchev–Trinajstić information content (AvgIpc) is 3.06. The van der Waals surface area contributed by atoms with E-state index in [2.05, 4.69) is 0 Å². The lowest BCUT2D eigenvalue weighted by Crippen LogP contribution is -2.42. The molecule has 20 heavy (non-hydrogen) atoms. The van der Waals surface area contributed by atoms with Gasteiger partial charge in [-0.1, -0.05) is 12.8 Å². The topological polar surface area (TPSA) is 77.5 Å². The van der Waals surface area contributed by atoms with Crippen LogP contribution in [0.25, 0.3) is 6.08 Å². The first-order chi connectivity index (χ1) is 9.54. The molecule has 5 nitrogen and oxygen atoms in total. The van der Waals surface area contributed by atoms with Gasteiger partial charge in [-0.15, -0.1) is 0 Å². The SMILES string of the molecule is CN(CC1(O)CCCC1)C(=O)/C(C#N)=C/c1ccco1. The van der Waals surface area contributed by atoms with Gasteiger partial charge in [-0.2, -0.15) is 5.26 Å². The van der Waals surface area contributed by atoms with Crippen molar-refractivity contribution in [3.63, 3.8) is 0 Å². The van der Waals surface area contributed by atoms with Crippen molar-refractivity contribution in [1.82, 2.24) is 4.90 Å². The third-order valence-corrected chi connectivity index (χ3v) is 3.59. The summed E-state index contributed by atoms with van der Waals surface area (Å²) in [7, 11) is 1.60. The van der Waals surface area contributed by atoms with E-state index in [0.29, 0.717) is 18.6 Å². The zero-order valence-corrected chi connectivity index (χ0v) is 11.5. The standard InChI is InChI=1S/C15H18N2O3/c1-17(11-15(19)6-2-3-7-15)14(18)12(10-16)9-13-5-4-8-20-13/h4-5,8-9,19H,2-3,6-7,11H2,1H3/b12-9+. The molecule has 0 radical (unpaired) electrons. The molecule has 1 fully saturated rings. The summed E-state index contributed by atoms with van der Waals surface area (Å²) in [6, 6.07) is 5.25. The molecule has 0 bridgehead atoms. The molecule has 1 aliphatic carbocycles. The molecular weight excluding hydrogens is 256 g/mol. The molecule has 0 atom stereocenters. The van der Waals surface area contributed by atoms with Gasteiger partial charge < -0.3 is 14.4 Å². The number of likely N-dealkylation sites (N-methyl/N-ethyl adjacent to an activating group) is 1. The summed E-state index contributed by atoms with van der Waals surface area (Å²) in [5.74, 6) is 0.0621. The van der Waals surface area contributed by atoms with Crippen molar-refractivity contribution in [2.75, 3.05) is 13.6 Å². The molecule has 1 heterocycles. The molecule has 0 spiro atoms. The van der Waals surface area contributed by atoms with Gasteiger partial charge in [0.05, 0.1) is 11.9 Å². The summed E-state index contributed by atoms with van der Waals surface area (Å²) in [5, 5.41) is 19.4. The molecule has 0 aliphatic heterocycles. The minimum absolute atomic E-state index is 0.00375. The molecule has 106 valence electrons. The molecule has 1 N–H and O–H groups in total. The van der Waals surface area contributed by atoms with Crippen LogP contribution in [0.15, 0.2) is 28.4 Å². The Morgan fingerprint density at radius 3 is 2.85 bits per heavy atom. The minimum atomic E-state index is -0.810. The average molecular weight is 274 g/mol. The molecule has 0 saturated heterocycles. The third kappa shape index (κ3) is 3.28. The summed E-state index contributed by atoms with van der Waals surface area (Å²) < 4.78 is 5.10. The van der Waals surface area contributed by atoms with Gasteiger partial charge in [0.15, 0.2) is 0 Å². The van der Waals surface area contributed by atoms with Crippen LogP contribution in [-0.4, -0.2) is 35.1 Å². The number of hydrogen-bond acceptors (Lipinski definition) is 4. The van der Waals surface area contributed by atoms with E-state index in [1.165, 1.54) is 17.2 Å². The van der Waals surface area contributed by atoms with Crippen LogP contribution in [0.4, 0.5) is 0 Å². The molecule has 1 amide bonds. The van der Waals surface area contributed by atoms with Crippen molar-refractivity contribution in [2.24, 2.45) is 0 Å². The van der Waals surface area contributed by atoms with Crippen molar-refractivity contribution < 1.29 is 14.3 Å². The number of carbonyl (C=O) groups is 1. The lowest BCUT2D eigenvalue weighted by atomic mass is 10.0. The van der Waals surface area contributed by atoms with Crippen LogP contribution in [0.2, 0.25) is 0 Å². The van der Waals surface area contributed by atoms with Gasteiger partial charge >= 0.3 is 0 Å². The van der Waals surface area contributed by atoms with Crippen molar-refractivity contribution >= 4 is 12.0 Å². The van der Waals surface area contributed by atoms with E-state index in [9.17, 15) is 9.90 Å². The molecule has 2 rings (SSSR count). The fourth-order valence-electron chi connectivity index (χ4n) is 2.57. The number of rotatable bonds is 4. The molecule has 0 aromatic carbocycles. The van der Waals surface area contributed by atoms with Crippen LogP contribution in [-0.2, 0) is 4.79 Å². The largest absolute Gasteiger partial charge is 0.465 e. The Kier molecular flexibility index (Phi) is 4.26. The van der Waals surface area contributed by atoms with Gasteiger partial charge in [0, 0.05) is 19.7 Å². The van der Waals surface area contributed by atoms with Crippen molar-refractivity contribution in [3.05, 3.63) is 29.7 Å². The highest BCUT2D eigenvalue weighted by Gasteiger charge is 2.33. The normalized spacial score (nSPS) is 17.8. The second-order valence-corrected chi connectivity index (χ2v) is 5.28. The maximum atomic E-state index is 12.2. The van der Waals surface area contributed by atoms with Crippen LogP contribution in [0.3, 0.4) is 0 Å². The number of furan rings is 1. The monoisotopic (exact) mass is 274 g/mol. The number of amides is 1. The first kappa shape index (κ1) is 14.4. The summed E-state index contributed by atoms with van der Waals surface area (Å²) in [4.78, 5) is 13.6. The van der Waals surface area contributed by atoms with Gasteiger partial charge in [0.1, 0.15) is 17.4 Å². The minimum Gasteiger partial charge on any atom is -0.465 e. The fraction of sp³-hybridized carbons (Fsp3) is 0.467. The van der Waals surface area contributed by atoms with Crippen LogP contribution in [0.1, 0.15) is 31.4 Å². The zero-order valence-electron chi connectivity index (χ0n) is 11.5. The fourth-order valence-corrected chi connectivity index (χ4v) is 2.57. The molecule has 1 aromatic rings. The second kappa shape index (κ2) is 5.93. The Labute approximate surface area is 118 Å². The Balaban J connectivity index is 2.07. The molecule has 0 unspecified atom stereocenters. The zero-order chi connectivity index (χ0) is 14.6. The van der Waals surface area contributed by atoms with E-state index < -0.39 is 11.5 Å². The van der Waals surface area contributed by atoms with Crippen LogP contribution < -0.4 is 0 Å². The van der Waals surface area contributed by atoms with E-state index in [1.54, 1.807) is 19.2 Å². The van der Waals surface area contributed by atoms with Gasteiger partial charge in [-0.05, 0) is 25.0 Å². The highest BCUT2D eigenvalue weighted by molar-refractivity contribution is 6.01. The summed E-state index contributed by atoms with van der Waals surface area (Å²) >= 11 is 0. The molecule has 1 aliphatic rings. The third-order valence-electron chi connectivity index (χ3n) is 3.59. The highest BCUT2D eigenvalue weighted by Crippen LogP contribution is 2.30. The Bertz CT molecular complexity index is 534. The van der Waals surface area contributed by atoms with Crippen LogP contribution in [0, 0.1) is 11.3 Å². The quantitative estimate of drug-likeness (QED) is 0.672. The first-order valence-electron chi connectivity index (χ1n) is 6.67. The maximum Gasteiger partial charge on any atom is 0.264 e. The number of hydrogen-bond donors (Lipinski definition) is 1. The molecular formula is C15H18N2O3. The van der Waals surface area contributed by atoms with E-state index in [4.69, 9.17) is 9.68 Å². The van der Waals surface area contributed by atoms with Crippen molar-refractivity contribution in [1.29, 1.82) is 5.26 Å². The Morgan fingerprint density at radius 2 is 2.30 bits per heavy atom. The number of nitriles is 1. The van der Waals surface area contributed by atoms with Gasteiger partial charge in [0.2, 0.25) is 0 Å². The summed E-state index contributed by atoms with van der Waals surface area (Å²) in [6.07, 6.45) is 6.26. The predicted octanol–water partition coefficient (Wildman–Crippen LogP) is 1.95. The predicted molar refractivity (Wildman–Crippen MR) is 73.4 cm³/mol. The van der Waals surface area contributed by atoms with Crippen LogP contribution >= 0.6 is 0 Å². The second-order valence-electron chi connectivity index (χ2n) is 5.28. The summed E-state index contributed by atoms with van der Waals surface area (Å²) in [6.45, 7) is 0.253. The Morgan fingerprint density at radius 1 is 1.60 bits per heavy atom. The van der Waals surface area contributed by atoms with Gasteiger partial charge in [-0.3, -0.25) is 4.79 Å². The number of aliphatic hydroxyl groups is 1. The lowest BCUT2D eigenvalue weighted by molar-refractivity contribution is -0.128. The summed E-state index contributed by atoms with van der Waals surface area (Å²) in [5.41, 5.74) is -0.806. The van der Waals surface area contributed by atoms with Crippen molar-refractivity contribution in [2.45, 2.75) is 31.3 Å². The first-order valence-corrected chi connectivity index (χ1v) is 6.67. The highest BCUT2D eigenvalue weighted by atomic mass is 16.3. The van der Waals surface area contributed by atoms with E-state index in [0.717, 1.165) is 12.8 Å². The Hall–Kier alpha value is -2.06. The van der Waals surface area contributed by atoms with Gasteiger partial charge in [-0.25, -0.2) is 0 Å². The van der Waals surface area contributed by atoms with Gasteiger partial charge in [0.25, 0.3) is 5.91 Å². The lowest BCUT2D eigenvalue weighted by Gasteiger charge is -2.28. The maximum absolute atomic E-state index is 12.2. The number of carbonyl (C=O) groups excluding carboxylic acids is 1. The smallest absolute Gasteiger partial charge is 0.264 e. The molecule has 1 saturated carbocycles. The van der Waals surface area contributed by atoms with E-state index >= 15 is 0 Å². The van der Waals surface area contributed by atoms with Crippen LogP contribution in [0.5, 0.6) is 0 Å². The van der Waals surface area contributed by atoms with Crippen molar-refractivity contribution in [3.8, 4) is 6.07 Å². The van der Waals surface area contributed by atoms with E-state index in [1.807, 2.05) is 6.07 Å². The van der Waals surface area contributed by atoms with E-state index in [-0.39, 0.29) is 12.1 Å². The number of nitrogens with zero attached hydrogens (tertiary/aromatic N) is 2.